The van der Waals surface area contributed by atoms with Gasteiger partial charge >= 0.3 is 0 Å². The SMILES string of the molecule is COc1ccccc1OCC(=O)NN=Cc1cc(Br)c(OCc2ccccc2Cl)c(OC)c1. The fourth-order valence-corrected chi connectivity index (χ4v) is 3.58. The first-order valence-electron chi connectivity index (χ1n) is 9.83. The summed E-state index contributed by atoms with van der Waals surface area (Å²) in [5.74, 6) is 1.64. The molecule has 0 fully saturated rings. The van der Waals surface area contributed by atoms with Crippen LogP contribution in [0.4, 0.5) is 0 Å². The lowest BCUT2D eigenvalue weighted by Crippen LogP contribution is -2.24. The van der Waals surface area contributed by atoms with Gasteiger partial charge in [0.1, 0.15) is 6.61 Å². The smallest absolute Gasteiger partial charge is 0.277 e. The Morgan fingerprint density at radius 1 is 1.00 bits per heavy atom. The van der Waals surface area contributed by atoms with E-state index in [9.17, 15) is 4.79 Å². The molecule has 3 aromatic carbocycles. The number of carbonyl (C=O) groups is 1. The summed E-state index contributed by atoms with van der Waals surface area (Å²) >= 11 is 9.69. The number of ether oxygens (including phenoxy) is 4. The summed E-state index contributed by atoms with van der Waals surface area (Å²) in [7, 11) is 3.08. The number of rotatable bonds is 10. The highest BCUT2D eigenvalue weighted by molar-refractivity contribution is 9.10. The molecule has 0 saturated carbocycles. The Balaban J connectivity index is 1.59. The summed E-state index contributed by atoms with van der Waals surface area (Å²) in [4.78, 5) is 12.0. The van der Waals surface area contributed by atoms with Gasteiger partial charge in [0.05, 0.1) is 24.9 Å². The maximum atomic E-state index is 12.0. The van der Waals surface area contributed by atoms with Gasteiger partial charge in [0.2, 0.25) is 0 Å². The van der Waals surface area contributed by atoms with E-state index in [1.54, 1.807) is 37.4 Å². The van der Waals surface area contributed by atoms with E-state index in [1.165, 1.54) is 13.3 Å². The number of benzene rings is 3. The van der Waals surface area contributed by atoms with E-state index in [-0.39, 0.29) is 13.2 Å². The fraction of sp³-hybridized carbons (Fsp3) is 0.167. The summed E-state index contributed by atoms with van der Waals surface area (Å²) in [6.07, 6.45) is 1.49. The first-order chi connectivity index (χ1) is 16.0. The maximum Gasteiger partial charge on any atom is 0.277 e. The summed E-state index contributed by atoms with van der Waals surface area (Å²) < 4.78 is 22.7. The van der Waals surface area contributed by atoms with E-state index in [2.05, 4.69) is 26.5 Å². The topological polar surface area (TPSA) is 78.4 Å². The van der Waals surface area contributed by atoms with Crippen LogP contribution in [0.3, 0.4) is 0 Å². The molecule has 0 radical (unpaired) electrons. The molecule has 0 aromatic heterocycles. The Bertz CT molecular complexity index is 1140. The van der Waals surface area contributed by atoms with Crippen molar-refractivity contribution in [3.63, 3.8) is 0 Å². The number of halogens is 2. The van der Waals surface area contributed by atoms with Gasteiger partial charge < -0.3 is 18.9 Å². The highest BCUT2D eigenvalue weighted by Crippen LogP contribution is 2.37. The largest absolute Gasteiger partial charge is 0.493 e. The molecule has 7 nitrogen and oxygen atoms in total. The molecule has 33 heavy (non-hydrogen) atoms. The van der Waals surface area contributed by atoms with Crippen molar-refractivity contribution < 1.29 is 23.7 Å². The second-order valence-corrected chi connectivity index (χ2v) is 7.91. The molecular formula is C24H22BrClN2O5. The second kappa shape index (κ2) is 12.1. The average Bonchev–Trinajstić information content (AvgIpc) is 2.83. The second-order valence-electron chi connectivity index (χ2n) is 6.65. The average molecular weight is 534 g/mol. The standard InChI is InChI=1S/C24H22BrClN2O5/c1-30-20-9-5-6-10-21(20)32-15-23(29)28-27-13-16-11-18(25)24(22(12-16)31-2)33-14-17-7-3-4-8-19(17)26/h3-13H,14-15H2,1-2H3,(H,28,29). The number of hydrogen-bond acceptors (Lipinski definition) is 6. The molecule has 0 saturated heterocycles. The Kier molecular flexibility index (Phi) is 8.97. The van der Waals surface area contributed by atoms with Gasteiger partial charge in [0.25, 0.3) is 5.91 Å². The third-order valence-electron chi connectivity index (χ3n) is 4.41. The van der Waals surface area contributed by atoms with Crippen LogP contribution >= 0.6 is 27.5 Å². The lowest BCUT2D eigenvalue weighted by molar-refractivity contribution is -0.123. The van der Waals surface area contributed by atoms with Crippen LogP contribution in [0.2, 0.25) is 5.02 Å². The third-order valence-corrected chi connectivity index (χ3v) is 5.37. The number of methoxy groups -OCH3 is 2. The molecule has 1 amide bonds. The summed E-state index contributed by atoms with van der Waals surface area (Å²) in [6.45, 7) is 0.0733. The van der Waals surface area contributed by atoms with Gasteiger partial charge in [-0.2, -0.15) is 5.10 Å². The van der Waals surface area contributed by atoms with Crippen LogP contribution in [-0.2, 0) is 11.4 Å². The molecule has 0 aliphatic carbocycles. The quantitative estimate of drug-likeness (QED) is 0.285. The zero-order valence-electron chi connectivity index (χ0n) is 18.0. The van der Waals surface area contributed by atoms with E-state index < -0.39 is 5.91 Å². The van der Waals surface area contributed by atoms with Crippen LogP contribution in [0.1, 0.15) is 11.1 Å². The highest BCUT2D eigenvalue weighted by atomic mass is 79.9. The van der Waals surface area contributed by atoms with E-state index in [0.29, 0.717) is 38.1 Å². The van der Waals surface area contributed by atoms with Crippen LogP contribution < -0.4 is 24.4 Å². The Labute approximate surface area is 205 Å². The lowest BCUT2D eigenvalue weighted by atomic mass is 10.2. The van der Waals surface area contributed by atoms with Crippen molar-refractivity contribution in [3.8, 4) is 23.0 Å². The number of para-hydroxylation sites is 2. The molecule has 0 aliphatic heterocycles. The number of carbonyl (C=O) groups excluding carboxylic acids is 1. The minimum absolute atomic E-state index is 0.209. The van der Waals surface area contributed by atoms with Crippen molar-refractivity contribution in [2.75, 3.05) is 20.8 Å². The van der Waals surface area contributed by atoms with Crippen LogP contribution in [0.15, 0.2) is 70.2 Å². The minimum Gasteiger partial charge on any atom is -0.493 e. The van der Waals surface area contributed by atoms with Crippen LogP contribution in [0, 0.1) is 0 Å². The van der Waals surface area contributed by atoms with Gasteiger partial charge in [0, 0.05) is 10.6 Å². The lowest BCUT2D eigenvalue weighted by Gasteiger charge is -2.14. The molecule has 0 spiro atoms. The van der Waals surface area contributed by atoms with Crippen molar-refractivity contribution in [2.24, 2.45) is 5.10 Å². The summed E-state index contributed by atoms with van der Waals surface area (Å²) in [5, 5.41) is 4.60. The first kappa shape index (κ1) is 24.4. The van der Waals surface area contributed by atoms with E-state index in [1.807, 2.05) is 30.3 Å². The van der Waals surface area contributed by atoms with Gasteiger partial charge in [-0.25, -0.2) is 5.43 Å². The van der Waals surface area contributed by atoms with Crippen molar-refractivity contribution in [1.29, 1.82) is 0 Å². The molecule has 0 heterocycles. The Morgan fingerprint density at radius 2 is 1.70 bits per heavy atom. The first-order valence-corrected chi connectivity index (χ1v) is 11.0. The number of hydrazone groups is 1. The van der Waals surface area contributed by atoms with Crippen LogP contribution in [0.25, 0.3) is 0 Å². The van der Waals surface area contributed by atoms with E-state index >= 15 is 0 Å². The summed E-state index contributed by atoms with van der Waals surface area (Å²) in [6, 6.07) is 18.1. The predicted molar refractivity (Wildman–Crippen MR) is 131 cm³/mol. The molecule has 172 valence electrons. The highest BCUT2D eigenvalue weighted by Gasteiger charge is 2.12. The molecule has 1 N–H and O–H groups in total. The molecule has 0 bridgehead atoms. The molecule has 9 heteroatoms. The van der Waals surface area contributed by atoms with E-state index in [0.717, 1.165) is 5.56 Å². The van der Waals surface area contributed by atoms with E-state index in [4.69, 9.17) is 30.5 Å². The van der Waals surface area contributed by atoms with Gasteiger partial charge in [0.15, 0.2) is 29.6 Å². The van der Waals surface area contributed by atoms with Crippen molar-refractivity contribution in [2.45, 2.75) is 6.61 Å². The zero-order chi connectivity index (χ0) is 23.6. The monoisotopic (exact) mass is 532 g/mol. The van der Waals surface area contributed by atoms with Crippen molar-refractivity contribution in [3.05, 3.63) is 81.3 Å². The van der Waals surface area contributed by atoms with Crippen molar-refractivity contribution in [1.82, 2.24) is 5.43 Å². The van der Waals surface area contributed by atoms with Crippen LogP contribution in [0.5, 0.6) is 23.0 Å². The molecule has 0 aliphatic rings. The zero-order valence-corrected chi connectivity index (χ0v) is 20.4. The Morgan fingerprint density at radius 3 is 2.42 bits per heavy atom. The predicted octanol–water partition coefficient (Wildman–Crippen LogP) is 5.23. The molecule has 3 rings (SSSR count). The molecule has 3 aromatic rings. The van der Waals surface area contributed by atoms with Gasteiger partial charge in [-0.3, -0.25) is 4.79 Å². The minimum atomic E-state index is -0.414. The number of nitrogens with one attached hydrogen (secondary N) is 1. The van der Waals surface area contributed by atoms with Crippen LogP contribution in [-0.4, -0.2) is 32.9 Å². The number of hydrogen-bond donors (Lipinski definition) is 1. The summed E-state index contributed by atoms with van der Waals surface area (Å²) in [5.41, 5.74) is 3.97. The van der Waals surface area contributed by atoms with Gasteiger partial charge in [-0.15, -0.1) is 0 Å². The number of amides is 1. The van der Waals surface area contributed by atoms with Crippen molar-refractivity contribution >= 4 is 39.7 Å². The molecule has 0 unspecified atom stereocenters. The van der Waals surface area contributed by atoms with Gasteiger partial charge in [-0.05, 0) is 51.8 Å². The van der Waals surface area contributed by atoms with Gasteiger partial charge in [-0.1, -0.05) is 41.9 Å². The Hall–Kier alpha value is -3.23. The molecular weight excluding hydrogens is 512 g/mol. The number of nitrogens with zero attached hydrogens (tertiary/aromatic N) is 1. The maximum absolute atomic E-state index is 12.0. The third kappa shape index (κ3) is 6.87. The fourth-order valence-electron chi connectivity index (χ4n) is 2.81. The molecule has 0 atom stereocenters. The normalized spacial score (nSPS) is 10.7.